The van der Waals surface area contributed by atoms with Gasteiger partial charge in [-0.3, -0.25) is 5.01 Å². The van der Waals surface area contributed by atoms with Crippen molar-refractivity contribution in [2.45, 2.75) is 6.42 Å². The molecule has 0 aliphatic carbocycles. The number of benzene rings is 1. The smallest absolute Gasteiger partial charge is 0.0659 e. The van der Waals surface area contributed by atoms with Gasteiger partial charge in [-0.25, -0.2) is 0 Å². The normalized spacial score (nSPS) is 15.3. The third-order valence-corrected chi connectivity index (χ3v) is 3.25. The maximum Gasteiger partial charge on any atom is 0.0659 e. The van der Waals surface area contributed by atoms with E-state index in [1.54, 1.807) is 0 Å². The number of nitriles is 1. The van der Waals surface area contributed by atoms with E-state index in [1.807, 2.05) is 30.4 Å². The first-order valence-electron chi connectivity index (χ1n) is 6.84. The number of ether oxygens (including phenoxy) is 1. The molecule has 5 heteroatoms. The Labute approximate surface area is 120 Å². The van der Waals surface area contributed by atoms with Crippen LogP contribution in [0.5, 0.6) is 0 Å². The van der Waals surface area contributed by atoms with Gasteiger partial charge < -0.3 is 9.64 Å². The first-order valence-corrected chi connectivity index (χ1v) is 6.84. The number of anilines is 1. The van der Waals surface area contributed by atoms with Crippen molar-refractivity contribution in [3.05, 3.63) is 29.8 Å². The molecule has 1 aromatic rings. The summed E-state index contributed by atoms with van der Waals surface area (Å²) in [6.45, 7) is 3.95. The molecule has 0 spiro atoms. The molecule has 106 valence electrons. The predicted octanol–water partition coefficient (Wildman–Crippen LogP) is 1.70. The van der Waals surface area contributed by atoms with Gasteiger partial charge in [-0.1, -0.05) is 12.1 Å². The Hall–Kier alpha value is -2.06. The minimum absolute atomic E-state index is 0.538. The van der Waals surface area contributed by atoms with Crippen LogP contribution in [-0.4, -0.2) is 51.1 Å². The van der Waals surface area contributed by atoms with Gasteiger partial charge in [0.2, 0.25) is 0 Å². The number of morpholine rings is 1. The van der Waals surface area contributed by atoms with E-state index in [1.165, 1.54) is 0 Å². The number of hydrogen-bond acceptors (Lipinski definition) is 5. The van der Waals surface area contributed by atoms with Crippen LogP contribution < -0.4 is 4.90 Å². The molecule has 1 aliphatic heterocycles. The van der Waals surface area contributed by atoms with E-state index in [2.05, 4.69) is 28.2 Å². The number of hydrazone groups is 1. The van der Waals surface area contributed by atoms with Gasteiger partial charge >= 0.3 is 0 Å². The molecule has 5 nitrogen and oxygen atoms in total. The molecule has 2 rings (SSSR count). The van der Waals surface area contributed by atoms with Crippen LogP contribution in [0.3, 0.4) is 0 Å². The molecule has 1 fully saturated rings. The lowest BCUT2D eigenvalue weighted by molar-refractivity contribution is 0.0397. The zero-order valence-corrected chi connectivity index (χ0v) is 11.8. The molecule has 0 aromatic heterocycles. The second kappa shape index (κ2) is 7.51. The maximum atomic E-state index is 8.59. The zero-order chi connectivity index (χ0) is 14.2. The van der Waals surface area contributed by atoms with Crippen LogP contribution in [0.15, 0.2) is 29.4 Å². The Morgan fingerprint density at radius 1 is 1.35 bits per heavy atom. The Bertz CT molecular complexity index is 472. The second-order valence-corrected chi connectivity index (χ2v) is 4.73. The van der Waals surface area contributed by atoms with Crippen molar-refractivity contribution in [2.75, 3.05) is 44.8 Å². The SMILES string of the molecule is CN(CCC#N)c1ccc(C=NN2CCOCC2)cc1. The van der Waals surface area contributed by atoms with E-state index < -0.39 is 0 Å². The molecule has 1 saturated heterocycles. The van der Waals surface area contributed by atoms with E-state index >= 15 is 0 Å². The van der Waals surface area contributed by atoms with Crippen molar-refractivity contribution in [2.24, 2.45) is 5.10 Å². The highest BCUT2D eigenvalue weighted by Gasteiger charge is 2.06. The van der Waals surface area contributed by atoms with Gasteiger partial charge in [0.25, 0.3) is 0 Å². The molecule has 1 aromatic carbocycles. The van der Waals surface area contributed by atoms with Gasteiger partial charge in [0.05, 0.1) is 45.0 Å². The van der Waals surface area contributed by atoms with E-state index in [0.29, 0.717) is 6.42 Å². The van der Waals surface area contributed by atoms with Crippen LogP contribution in [0.25, 0.3) is 0 Å². The highest BCUT2D eigenvalue weighted by Crippen LogP contribution is 2.13. The topological polar surface area (TPSA) is 51.9 Å². The number of rotatable bonds is 5. The maximum absolute atomic E-state index is 8.59. The summed E-state index contributed by atoms with van der Waals surface area (Å²) in [6.07, 6.45) is 2.42. The van der Waals surface area contributed by atoms with Crippen LogP contribution in [0.2, 0.25) is 0 Å². The lowest BCUT2D eigenvalue weighted by Crippen LogP contribution is -2.32. The van der Waals surface area contributed by atoms with Crippen LogP contribution >= 0.6 is 0 Å². The average molecular weight is 272 g/mol. The molecular weight excluding hydrogens is 252 g/mol. The lowest BCUT2D eigenvalue weighted by Gasteiger charge is -2.23. The molecule has 0 bridgehead atoms. The van der Waals surface area contributed by atoms with Gasteiger partial charge in [0.1, 0.15) is 0 Å². The first-order chi connectivity index (χ1) is 9.79. The Balaban J connectivity index is 1.90. The number of hydrogen-bond donors (Lipinski definition) is 0. The summed E-state index contributed by atoms with van der Waals surface area (Å²) in [5, 5.41) is 15.1. The van der Waals surface area contributed by atoms with Crippen LogP contribution in [-0.2, 0) is 4.74 Å². The van der Waals surface area contributed by atoms with Crippen molar-refractivity contribution in [3.8, 4) is 6.07 Å². The molecule has 0 unspecified atom stereocenters. The van der Waals surface area contributed by atoms with Crippen LogP contribution in [0.1, 0.15) is 12.0 Å². The zero-order valence-electron chi connectivity index (χ0n) is 11.8. The lowest BCUT2D eigenvalue weighted by atomic mass is 10.2. The van der Waals surface area contributed by atoms with Crippen molar-refractivity contribution in [1.29, 1.82) is 5.26 Å². The van der Waals surface area contributed by atoms with Gasteiger partial charge in [0, 0.05) is 19.3 Å². The quantitative estimate of drug-likeness (QED) is 0.766. The van der Waals surface area contributed by atoms with Crippen molar-refractivity contribution in [3.63, 3.8) is 0 Å². The monoisotopic (exact) mass is 272 g/mol. The average Bonchev–Trinajstić information content (AvgIpc) is 2.52. The molecule has 20 heavy (non-hydrogen) atoms. The van der Waals surface area contributed by atoms with Gasteiger partial charge in [-0.2, -0.15) is 10.4 Å². The fourth-order valence-electron chi connectivity index (χ4n) is 1.98. The molecule has 0 atom stereocenters. The molecule has 0 radical (unpaired) electrons. The van der Waals surface area contributed by atoms with E-state index in [4.69, 9.17) is 10.00 Å². The van der Waals surface area contributed by atoms with Crippen LogP contribution in [0, 0.1) is 11.3 Å². The third kappa shape index (κ3) is 4.25. The summed E-state index contributed by atoms with van der Waals surface area (Å²) in [6, 6.07) is 10.4. The Morgan fingerprint density at radius 2 is 2.05 bits per heavy atom. The van der Waals surface area contributed by atoms with Gasteiger partial charge in [0.15, 0.2) is 0 Å². The molecular formula is C15H20N4O. The third-order valence-electron chi connectivity index (χ3n) is 3.25. The molecule has 1 aliphatic rings. The Morgan fingerprint density at radius 3 is 2.70 bits per heavy atom. The minimum Gasteiger partial charge on any atom is -0.378 e. The predicted molar refractivity (Wildman–Crippen MR) is 79.9 cm³/mol. The summed E-state index contributed by atoms with van der Waals surface area (Å²) in [5.41, 5.74) is 2.19. The fraction of sp³-hybridized carbons (Fsp3) is 0.467. The largest absolute Gasteiger partial charge is 0.378 e. The molecule has 0 N–H and O–H groups in total. The van der Waals surface area contributed by atoms with Gasteiger partial charge in [-0.05, 0) is 17.7 Å². The minimum atomic E-state index is 0.538. The highest BCUT2D eigenvalue weighted by atomic mass is 16.5. The standard InChI is InChI=1S/C15H20N4O/c1-18(8-2-7-16)15-5-3-14(4-6-15)13-17-19-9-11-20-12-10-19/h3-6,13H,2,8-12H2,1H3. The van der Waals surface area contributed by atoms with Crippen molar-refractivity contribution in [1.82, 2.24) is 5.01 Å². The molecule has 1 heterocycles. The van der Waals surface area contributed by atoms with Gasteiger partial charge in [-0.15, -0.1) is 0 Å². The van der Waals surface area contributed by atoms with E-state index in [-0.39, 0.29) is 0 Å². The second-order valence-electron chi connectivity index (χ2n) is 4.73. The summed E-state index contributed by atoms with van der Waals surface area (Å²) < 4.78 is 5.28. The summed E-state index contributed by atoms with van der Waals surface area (Å²) in [7, 11) is 1.99. The van der Waals surface area contributed by atoms with Crippen molar-refractivity contribution < 1.29 is 4.74 Å². The summed E-state index contributed by atoms with van der Waals surface area (Å²) >= 11 is 0. The highest BCUT2D eigenvalue weighted by molar-refractivity contribution is 5.80. The van der Waals surface area contributed by atoms with Crippen LogP contribution in [0.4, 0.5) is 5.69 Å². The summed E-state index contributed by atoms with van der Waals surface area (Å²) in [4.78, 5) is 2.08. The van der Waals surface area contributed by atoms with E-state index in [0.717, 1.165) is 44.1 Å². The molecule has 0 saturated carbocycles. The Kier molecular flexibility index (Phi) is 5.39. The van der Waals surface area contributed by atoms with Crippen molar-refractivity contribution >= 4 is 11.9 Å². The van der Waals surface area contributed by atoms with E-state index in [9.17, 15) is 0 Å². The number of nitrogens with zero attached hydrogens (tertiary/aromatic N) is 4. The fourth-order valence-corrected chi connectivity index (χ4v) is 1.98. The molecule has 0 amide bonds. The first kappa shape index (κ1) is 14.4. The summed E-state index contributed by atoms with van der Waals surface area (Å²) in [5.74, 6) is 0.